The van der Waals surface area contributed by atoms with Gasteiger partial charge in [0.25, 0.3) is 0 Å². The highest BCUT2D eigenvalue weighted by atomic mass is 19.1. The van der Waals surface area contributed by atoms with E-state index in [0.717, 1.165) is 11.4 Å². The number of hydrogen-bond donors (Lipinski definition) is 0. The molecule has 1 saturated carbocycles. The van der Waals surface area contributed by atoms with Gasteiger partial charge >= 0.3 is 0 Å². The number of aliphatic imine (C=N–C) groups is 1. The van der Waals surface area contributed by atoms with E-state index < -0.39 is 17.7 Å². The number of nitrogens with zero attached hydrogens (tertiary/aromatic N) is 2. The van der Waals surface area contributed by atoms with Crippen LogP contribution in [0.25, 0.3) is 0 Å². The average molecular weight is 392 g/mol. The van der Waals surface area contributed by atoms with E-state index >= 15 is 0 Å². The Labute approximate surface area is 170 Å². The molecule has 4 rings (SSSR count). The van der Waals surface area contributed by atoms with Crippen molar-refractivity contribution in [1.82, 2.24) is 0 Å². The molecule has 1 aliphatic heterocycles. The zero-order chi connectivity index (χ0) is 21.1. The number of ketones is 2. The van der Waals surface area contributed by atoms with Gasteiger partial charge < -0.3 is 0 Å². The van der Waals surface area contributed by atoms with Crippen molar-refractivity contribution in [3.8, 4) is 6.07 Å². The molecule has 150 valence electrons. The Kier molecular flexibility index (Phi) is 4.38. The van der Waals surface area contributed by atoms with E-state index in [1.54, 1.807) is 6.07 Å². The number of Topliss-reactive ketones (excluding diaryl/α,β-unsaturated/α-hetero) is 2. The third-order valence-electron chi connectivity index (χ3n) is 6.31. The molecule has 2 aliphatic carbocycles. The van der Waals surface area contributed by atoms with Gasteiger partial charge in [-0.2, -0.15) is 5.26 Å². The molecule has 0 spiro atoms. The zero-order valence-corrected chi connectivity index (χ0v) is 17.3. The molecular weight excluding hydrogens is 367 g/mol. The van der Waals surface area contributed by atoms with Gasteiger partial charge in [-0.25, -0.2) is 4.39 Å². The number of halogens is 1. The van der Waals surface area contributed by atoms with Crippen molar-refractivity contribution in [3.63, 3.8) is 0 Å². The lowest BCUT2D eigenvalue weighted by molar-refractivity contribution is -0.124. The number of rotatable bonds is 1. The number of nitriles is 1. The summed E-state index contributed by atoms with van der Waals surface area (Å²) in [6.07, 6.45) is 2.17. The lowest BCUT2D eigenvalue weighted by Gasteiger charge is -2.44. The van der Waals surface area contributed by atoms with E-state index in [2.05, 4.69) is 27.7 Å². The third-order valence-corrected chi connectivity index (χ3v) is 6.31. The Hall–Kier alpha value is -2.61. The molecule has 1 aromatic rings. The Bertz CT molecular complexity index is 1040. The van der Waals surface area contributed by atoms with Crippen molar-refractivity contribution in [1.29, 1.82) is 5.26 Å². The first kappa shape index (κ1) is 19.7. The average Bonchev–Trinajstić information content (AvgIpc) is 2.58. The fourth-order valence-electron chi connectivity index (χ4n) is 5.19. The van der Waals surface area contributed by atoms with Crippen LogP contribution in [-0.2, 0) is 9.59 Å². The largest absolute Gasteiger partial charge is 0.299 e. The Morgan fingerprint density at radius 1 is 1.03 bits per heavy atom. The molecule has 0 N–H and O–H groups in total. The maximum atomic E-state index is 14.0. The third kappa shape index (κ3) is 3.35. The summed E-state index contributed by atoms with van der Waals surface area (Å²) in [5.74, 6) is -1.52. The van der Waals surface area contributed by atoms with Gasteiger partial charge in [-0.3, -0.25) is 14.6 Å². The second kappa shape index (κ2) is 6.45. The smallest absolute Gasteiger partial charge is 0.161 e. The lowest BCUT2D eigenvalue weighted by Crippen LogP contribution is -2.45. The molecule has 4 nitrogen and oxygen atoms in total. The van der Waals surface area contributed by atoms with Crippen LogP contribution in [0.4, 0.5) is 4.39 Å². The molecule has 1 aromatic carbocycles. The molecule has 1 fully saturated rings. The topological polar surface area (TPSA) is 70.3 Å². The van der Waals surface area contributed by atoms with Crippen LogP contribution in [-0.4, -0.2) is 17.3 Å². The Morgan fingerprint density at radius 2 is 1.72 bits per heavy atom. The Morgan fingerprint density at radius 3 is 2.41 bits per heavy atom. The van der Waals surface area contributed by atoms with Gasteiger partial charge in [0.05, 0.1) is 11.5 Å². The lowest BCUT2D eigenvalue weighted by atomic mass is 9.60. The summed E-state index contributed by atoms with van der Waals surface area (Å²) in [6.45, 7) is 8.23. The highest BCUT2D eigenvalue weighted by Crippen LogP contribution is 2.51. The van der Waals surface area contributed by atoms with Gasteiger partial charge in [0.1, 0.15) is 17.7 Å². The van der Waals surface area contributed by atoms with Crippen molar-refractivity contribution in [2.45, 2.75) is 59.3 Å². The monoisotopic (exact) mass is 392 g/mol. The molecule has 2 atom stereocenters. The van der Waals surface area contributed by atoms with Crippen molar-refractivity contribution in [2.24, 2.45) is 21.7 Å². The van der Waals surface area contributed by atoms with Crippen LogP contribution in [0.3, 0.4) is 0 Å². The second-order valence-electron chi connectivity index (χ2n) is 10.2. The van der Waals surface area contributed by atoms with E-state index in [1.807, 2.05) is 6.07 Å². The SMILES string of the molecule is CC1(C)CC(=O)C2C(=NC3=C(C(=O)CC(C)(C)C3)C2c2ccc(F)c(C#N)c2)C1. The van der Waals surface area contributed by atoms with Crippen LogP contribution >= 0.6 is 0 Å². The van der Waals surface area contributed by atoms with Crippen LogP contribution in [0.5, 0.6) is 0 Å². The Balaban J connectivity index is 1.93. The summed E-state index contributed by atoms with van der Waals surface area (Å²) in [7, 11) is 0. The van der Waals surface area contributed by atoms with Gasteiger partial charge in [0.15, 0.2) is 5.78 Å². The second-order valence-corrected chi connectivity index (χ2v) is 10.2. The molecule has 5 heteroatoms. The quantitative estimate of drug-likeness (QED) is 0.684. The van der Waals surface area contributed by atoms with E-state index in [4.69, 9.17) is 4.99 Å². The highest BCUT2D eigenvalue weighted by molar-refractivity contribution is 6.13. The molecule has 29 heavy (non-hydrogen) atoms. The van der Waals surface area contributed by atoms with Gasteiger partial charge in [0.2, 0.25) is 0 Å². The number of hydrogen-bond acceptors (Lipinski definition) is 4. The molecular formula is C24H25FN2O2. The minimum absolute atomic E-state index is 0.00418. The van der Waals surface area contributed by atoms with Crippen molar-refractivity contribution in [3.05, 3.63) is 46.4 Å². The van der Waals surface area contributed by atoms with Crippen LogP contribution < -0.4 is 0 Å². The number of fused-ring (bicyclic) bond motifs is 1. The summed E-state index contributed by atoms with van der Waals surface area (Å²) >= 11 is 0. The highest BCUT2D eigenvalue weighted by Gasteiger charge is 2.49. The van der Waals surface area contributed by atoms with E-state index in [-0.39, 0.29) is 28.0 Å². The summed E-state index contributed by atoms with van der Waals surface area (Å²) < 4.78 is 14.0. The molecule has 0 bridgehead atoms. The molecule has 0 radical (unpaired) electrons. The van der Waals surface area contributed by atoms with E-state index in [9.17, 15) is 19.2 Å². The van der Waals surface area contributed by atoms with Crippen LogP contribution in [0.15, 0.2) is 34.5 Å². The van der Waals surface area contributed by atoms with Crippen LogP contribution in [0, 0.1) is 33.9 Å². The first-order valence-electron chi connectivity index (χ1n) is 10.1. The minimum atomic E-state index is -0.595. The summed E-state index contributed by atoms with van der Waals surface area (Å²) in [5, 5.41) is 9.29. The van der Waals surface area contributed by atoms with E-state index in [1.165, 1.54) is 12.1 Å². The predicted octanol–water partition coefficient (Wildman–Crippen LogP) is 4.88. The standard InChI is InChI=1S/C24H25FN2O2/c1-23(2)8-16-21(18(28)10-23)20(13-5-6-15(25)14(7-13)12-26)22-17(27-16)9-24(3,4)11-19(22)29/h5-7,20-21H,8-11H2,1-4H3. The number of carbonyl (C=O) groups is 2. The maximum Gasteiger partial charge on any atom is 0.161 e. The molecule has 1 heterocycles. The van der Waals surface area contributed by atoms with Crippen LogP contribution in [0.2, 0.25) is 0 Å². The van der Waals surface area contributed by atoms with Crippen molar-refractivity contribution in [2.75, 3.05) is 0 Å². The molecule has 0 saturated heterocycles. The molecule has 2 unspecified atom stereocenters. The first-order chi connectivity index (χ1) is 13.5. The van der Waals surface area contributed by atoms with Gasteiger partial charge in [-0.15, -0.1) is 0 Å². The normalized spacial score (nSPS) is 27.7. The molecule has 0 aromatic heterocycles. The van der Waals surface area contributed by atoms with Crippen molar-refractivity contribution < 1.29 is 14.0 Å². The van der Waals surface area contributed by atoms with Gasteiger partial charge in [-0.05, 0) is 41.4 Å². The number of benzene rings is 1. The van der Waals surface area contributed by atoms with Crippen LogP contribution in [0.1, 0.15) is 70.4 Å². The minimum Gasteiger partial charge on any atom is -0.299 e. The summed E-state index contributed by atoms with van der Waals surface area (Å²) in [6, 6.07) is 6.23. The molecule has 3 aliphatic rings. The summed E-state index contributed by atoms with van der Waals surface area (Å²) in [4.78, 5) is 31.3. The summed E-state index contributed by atoms with van der Waals surface area (Å²) in [5.41, 5.74) is 2.38. The first-order valence-corrected chi connectivity index (χ1v) is 10.1. The van der Waals surface area contributed by atoms with E-state index in [0.29, 0.717) is 36.8 Å². The van der Waals surface area contributed by atoms with Gasteiger partial charge in [0, 0.05) is 35.7 Å². The predicted molar refractivity (Wildman–Crippen MR) is 108 cm³/mol. The zero-order valence-electron chi connectivity index (χ0n) is 17.3. The maximum absolute atomic E-state index is 14.0. The van der Waals surface area contributed by atoms with Crippen molar-refractivity contribution >= 4 is 17.3 Å². The fourth-order valence-corrected chi connectivity index (χ4v) is 5.19. The molecule has 0 amide bonds. The fraction of sp³-hybridized carbons (Fsp3) is 0.500. The van der Waals surface area contributed by atoms with Gasteiger partial charge in [-0.1, -0.05) is 33.8 Å². The number of carbonyl (C=O) groups excluding carboxylic acids is 2. The number of allylic oxidation sites excluding steroid dienone is 2.